The minimum Gasteiger partial charge on any atom is -0.469 e. The maximum atomic E-state index is 11.6. The van der Waals surface area contributed by atoms with Gasteiger partial charge in [0.1, 0.15) is 0 Å². The highest BCUT2D eigenvalue weighted by atomic mass is 33.1. The summed E-state index contributed by atoms with van der Waals surface area (Å²) < 4.78 is 4.57. The van der Waals surface area contributed by atoms with Gasteiger partial charge < -0.3 is 21.1 Å². The lowest BCUT2D eigenvalue weighted by Gasteiger charge is -2.03. The molecule has 24 heavy (non-hydrogen) atoms. The van der Waals surface area contributed by atoms with Gasteiger partial charge in [0, 0.05) is 49.8 Å². The number of rotatable bonds is 15. The van der Waals surface area contributed by atoms with Crippen molar-refractivity contribution in [3.8, 4) is 0 Å². The number of allylic oxidation sites excluding steroid dienone is 1. The van der Waals surface area contributed by atoms with E-state index in [-0.39, 0.29) is 11.9 Å². The number of ether oxygens (including phenoxy) is 1. The monoisotopic (exact) mass is 375 g/mol. The van der Waals surface area contributed by atoms with Crippen molar-refractivity contribution in [3.05, 3.63) is 24.6 Å². The molecule has 0 aliphatic heterocycles. The number of hydrogen-bond acceptors (Lipinski definition) is 7. The smallest absolute Gasteiger partial charge is 0.305 e. The van der Waals surface area contributed by atoms with Crippen molar-refractivity contribution >= 4 is 33.5 Å². The molecular formula is C16H29N3O3S2. The van der Waals surface area contributed by atoms with Gasteiger partial charge in [0.05, 0.1) is 7.11 Å². The molecule has 0 unspecified atom stereocenters. The summed E-state index contributed by atoms with van der Waals surface area (Å²) in [5.41, 5.74) is 5.20. The van der Waals surface area contributed by atoms with Crippen LogP contribution in [-0.4, -0.2) is 43.6 Å². The summed E-state index contributed by atoms with van der Waals surface area (Å²) in [6.45, 7) is 1.56. The van der Waals surface area contributed by atoms with Gasteiger partial charge in [-0.1, -0.05) is 33.7 Å². The number of unbranched alkanes of at least 4 members (excludes halogenated alkanes) is 2. The molecule has 0 saturated carbocycles. The lowest BCUT2D eigenvalue weighted by molar-refractivity contribution is -0.140. The molecule has 0 fully saturated rings. The number of hydrogen-bond donors (Lipinski definition) is 3. The maximum Gasteiger partial charge on any atom is 0.305 e. The molecule has 1 amide bonds. The Morgan fingerprint density at radius 1 is 1.12 bits per heavy atom. The van der Waals surface area contributed by atoms with Crippen LogP contribution in [0.2, 0.25) is 0 Å². The molecule has 0 atom stereocenters. The molecule has 0 radical (unpaired) electrons. The number of nitrogens with one attached hydrogen (secondary N) is 2. The van der Waals surface area contributed by atoms with Gasteiger partial charge in [-0.15, -0.1) is 0 Å². The minimum atomic E-state index is -0.168. The Balaban J connectivity index is 3.34. The third-order valence-corrected chi connectivity index (χ3v) is 5.24. The Morgan fingerprint density at radius 2 is 1.88 bits per heavy atom. The van der Waals surface area contributed by atoms with E-state index in [2.05, 4.69) is 15.4 Å². The fourth-order valence-electron chi connectivity index (χ4n) is 1.62. The van der Waals surface area contributed by atoms with Gasteiger partial charge in [-0.25, -0.2) is 0 Å². The summed E-state index contributed by atoms with van der Waals surface area (Å²) in [5.74, 6) is 1.75. The van der Waals surface area contributed by atoms with Crippen LogP contribution in [0.3, 0.4) is 0 Å². The molecule has 0 heterocycles. The van der Waals surface area contributed by atoms with Gasteiger partial charge in [0.2, 0.25) is 5.91 Å². The van der Waals surface area contributed by atoms with E-state index in [0.717, 1.165) is 37.3 Å². The number of nitrogens with two attached hydrogens (primary N) is 1. The van der Waals surface area contributed by atoms with E-state index in [4.69, 9.17) is 5.73 Å². The Kier molecular flexibility index (Phi) is 17.1. The number of esters is 1. The van der Waals surface area contributed by atoms with Gasteiger partial charge in [-0.2, -0.15) is 0 Å². The molecule has 0 aliphatic rings. The first-order valence-electron chi connectivity index (χ1n) is 8.03. The van der Waals surface area contributed by atoms with Crippen molar-refractivity contribution in [2.24, 2.45) is 5.73 Å². The average molecular weight is 376 g/mol. The van der Waals surface area contributed by atoms with Crippen LogP contribution < -0.4 is 16.4 Å². The van der Waals surface area contributed by atoms with Crippen LogP contribution in [0.15, 0.2) is 24.6 Å². The summed E-state index contributed by atoms with van der Waals surface area (Å²) in [6.07, 6.45) is 10.6. The highest BCUT2D eigenvalue weighted by Crippen LogP contribution is 2.19. The average Bonchev–Trinajstić information content (AvgIpc) is 2.59. The van der Waals surface area contributed by atoms with Crippen molar-refractivity contribution in [2.75, 3.05) is 31.7 Å². The number of amides is 1. The van der Waals surface area contributed by atoms with E-state index in [1.165, 1.54) is 13.3 Å². The molecule has 0 aromatic rings. The second kappa shape index (κ2) is 18.1. The second-order valence-electron chi connectivity index (χ2n) is 4.80. The molecule has 0 aromatic carbocycles. The zero-order valence-electron chi connectivity index (χ0n) is 14.3. The van der Waals surface area contributed by atoms with Crippen LogP contribution in [0.1, 0.15) is 32.1 Å². The van der Waals surface area contributed by atoms with Gasteiger partial charge in [0.25, 0.3) is 0 Å². The molecule has 0 aromatic heterocycles. The molecule has 138 valence electrons. The Hall–Kier alpha value is -1.28. The van der Waals surface area contributed by atoms with Crippen molar-refractivity contribution in [1.82, 2.24) is 10.6 Å². The summed E-state index contributed by atoms with van der Waals surface area (Å²) in [4.78, 5) is 22.5. The third kappa shape index (κ3) is 17.1. The Bertz CT molecular complexity index is 391. The largest absolute Gasteiger partial charge is 0.469 e. The number of methoxy groups -OCH3 is 1. The maximum absolute atomic E-state index is 11.6. The number of carbonyl (C=O) groups excluding carboxylic acids is 2. The van der Waals surface area contributed by atoms with Crippen LogP contribution in [-0.2, 0) is 14.3 Å². The topological polar surface area (TPSA) is 93.5 Å². The minimum absolute atomic E-state index is 0.0427. The molecular weight excluding hydrogens is 346 g/mol. The quantitative estimate of drug-likeness (QED) is 0.175. The Labute approximate surface area is 152 Å². The predicted molar refractivity (Wildman–Crippen MR) is 103 cm³/mol. The third-order valence-electron chi connectivity index (χ3n) is 2.83. The van der Waals surface area contributed by atoms with Crippen molar-refractivity contribution in [2.45, 2.75) is 32.1 Å². The van der Waals surface area contributed by atoms with Crippen molar-refractivity contribution < 1.29 is 14.3 Å². The second-order valence-corrected chi connectivity index (χ2v) is 7.51. The molecule has 4 N–H and O–H groups in total. The summed E-state index contributed by atoms with van der Waals surface area (Å²) in [5, 5.41) is 5.94. The molecule has 0 aliphatic carbocycles. The summed E-state index contributed by atoms with van der Waals surface area (Å²) in [7, 11) is 4.91. The fourth-order valence-corrected chi connectivity index (χ4v) is 3.45. The van der Waals surface area contributed by atoms with E-state index < -0.39 is 0 Å². The van der Waals surface area contributed by atoms with E-state index in [0.29, 0.717) is 19.4 Å². The molecule has 0 saturated heterocycles. The van der Waals surface area contributed by atoms with E-state index in [9.17, 15) is 9.59 Å². The SMILES string of the molecule is COC(=O)CCCCC=CCC(=O)NCCSSCCN/C=C\N. The molecule has 8 heteroatoms. The molecule has 0 bridgehead atoms. The summed E-state index contributed by atoms with van der Waals surface area (Å²) >= 11 is 0. The van der Waals surface area contributed by atoms with E-state index in [1.54, 1.807) is 27.8 Å². The van der Waals surface area contributed by atoms with E-state index >= 15 is 0 Å². The van der Waals surface area contributed by atoms with Crippen molar-refractivity contribution in [3.63, 3.8) is 0 Å². The van der Waals surface area contributed by atoms with Crippen molar-refractivity contribution in [1.29, 1.82) is 0 Å². The zero-order valence-corrected chi connectivity index (χ0v) is 15.9. The first kappa shape index (κ1) is 22.7. The van der Waals surface area contributed by atoms with Gasteiger partial charge in [0.15, 0.2) is 0 Å². The highest BCUT2D eigenvalue weighted by Gasteiger charge is 1.99. The fraction of sp³-hybridized carbons (Fsp3) is 0.625. The predicted octanol–water partition coefficient (Wildman–Crippen LogP) is 2.18. The van der Waals surface area contributed by atoms with Crippen LogP contribution in [0.25, 0.3) is 0 Å². The van der Waals surface area contributed by atoms with E-state index in [1.807, 2.05) is 12.2 Å². The molecule has 0 rings (SSSR count). The lowest BCUT2D eigenvalue weighted by atomic mass is 10.2. The molecule has 0 spiro atoms. The van der Waals surface area contributed by atoms with Crippen LogP contribution in [0.4, 0.5) is 0 Å². The van der Waals surface area contributed by atoms with Crippen LogP contribution in [0, 0.1) is 0 Å². The summed E-state index contributed by atoms with van der Waals surface area (Å²) in [6, 6.07) is 0. The van der Waals surface area contributed by atoms with Gasteiger partial charge >= 0.3 is 5.97 Å². The number of carbonyl (C=O) groups is 2. The highest BCUT2D eigenvalue weighted by molar-refractivity contribution is 8.76. The van der Waals surface area contributed by atoms with Crippen LogP contribution >= 0.6 is 21.6 Å². The van der Waals surface area contributed by atoms with Gasteiger partial charge in [-0.3, -0.25) is 9.59 Å². The standard InChI is InChI=1S/C16H29N3O3S2/c1-22-16(21)8-6-4-2-3-5-7-15(20)19-12-14-24-23-13-11-18-10-9-17/h3,5,9-10,18H,2,4,6-8,11-14,17H2,1H3,(H,19,20)/b5-3?,10-9-. The lowest BCUT2D eigenvalue weighted by Crippen LogP contribution is -2.24. The first-order valence-corrected chi connectivity index (χ1v) is 10.5. The first-order chi connectivity index (χ1) is 11.7. The Morgan fingerprint density at radius 3 is 2.58 bits per heavy atom. The van der Waals surface area contributed by atoms with Gasteiger partial charge in [-0.05, 0) is 19.3 Å². The normalized spacial score (nSPS) is 11.0. The zero-order chi connectivity index (χ0) is 17.9. The van der Waals surface area contributed by atoms with Crippen LogP contribution in [0.5, 0.6) is 0 Å². The molecule has 6 nitrogen and oxygen atoms in total.